The summed E-state index contributed by atoms with van der Waals surface area (Å²) < 4.78 is 24.3. The van der Waals surface area contributed by atoms with Crippen molar-refractivity contribution in [2.45, 2.75) is 12.6 Å². The maximum absolute atomic E-state index is 13.4. The van der Waals surface area contributed by atoms with Gasteiger partial charge in [0.05, 0.1) is 26.4 Å². The molecule has 0 radical (unpaired) electrons. The summed E-state index contributed by atoms with van der Waals surface area (Å²) >= 11 is 0. The summed E-state index contributed by atoms with van der Waals surface area (Å²) in [6.45, 7) is 4.35. The molecule has 1 fully saturated rings. The van der Waals surface area contributed by atoms with E-state index in [4.69, 9.17) is 9.47 Å². The first-order chi connectivity index (χ1) is 14.2. The van der Waals surface area contributed by atoms with Gasteiger partial charge in [0.2, 0.25) is 0 Å². The Morgan fingerprint density at radius 1 is 1.14 bits per heavy atom. The van der Waals surface area contributed by atoms with Crippen molar-refractivity contribution < 1.29 is 13.9 Å². The molecule has 1 unspecified atom stereocenters. The fourth-order valence-electron chi connectivity index (χ4n) is 3.47. The van der Waals surface area contributed by atoms with Gasteiger partial charge >= 0.3 is 0 Å². The number of rotatable bonds is 7. The van der Waals surface area contributed by atoms with Crippen LogP contribution in [0.2, 0.25) is 0 Å². The van der Waals surface area contributed by atoms with Crippen molar-refractivity contribution in [3.8, 4) is 5.75 Å². The summed E-state index contributed by atoms with van der Waals surface area (Å²) in [6, 6.07) is 14.7. The molecule has 156 valence electrons. The summed E-state index contributed by atoms with van der Waals surface area (Å²) in [6.07, 6.45) is 0. The van der Waals surface area contributed by atoms with Crippen molar-refractivity contribution in [3.63, 3.8) is 0 Å². The van der Waals surface area contributed by atoms with Crippen LogP contribution < -0.4 is 15.4 Å². The van der Waals surface area contributed by atoms with Crippen LogP contribution in [0.25, 0.3) is 0 Å². The number of nitrogens with zero attached hydrogens (tertiary/aromatic N) is 2. The average Bonchev–Trinajstić information content (AvgIpc) is 2.78. The summed E-state index contributed by atoms with van der Waals surface area (Å²) in [5, 5.41) is 6.74. The number of ether oxygens (including phenoxy) is 2. The lowest BCUT2D eigenvalue weighted by Gasteiger charge is -2.35. The zero-order valence-electron chi connectivity index (χ0n) is 17.0. The van der Waals surface area contributed by atoms with Crippen LogP contribution in [0.4, 0.5) is 4.39 Å². The highest BCUT2D eigenvalue weighted by atomic mass is 19.1. The van der Waals surface area contributed by atoms with Crippen molar-refractivity contribution in [2.75, 3.05) is 47.0 Å². The summed E-state index contributed by atoms with van der Waals surface area (Å²) in [5.74, 6) is 1.32. The van der Waals surface area contributed by atoms with Gasteiger partial charge in [0.25, 0.3) is 0 Å². The molecule has 7 heteroatoms. The molecule has 0 saturated carbocycles. The Kier molecular flexibility index (Phi) is 7.84. The molecule has 6 nitrogen and oxygen atoms in total. The number of hydrogen-bond donors (Lipinski definition) is 2. The van der Waals surface area contributed by atoms with E-state index in [1.807, 2.05) is 36.4 Å². The number of nitrogens with one attached hydrogen (secondary N) is 2. The topological polar surface area (TPSA) is 58.1 Å². The molecule has 2 N–H and O–H groups in total. The van der Waals surface area contributed by atoms with E-state index in [0.29, 0.717) is 32.3 Å². The first kappa shape index (κ1) is 21.1. The van der Waals surface area contributed by atoms with Gasteiger partial charge in [-0.25, -0.2) is 4.39 Å². The van der Waals surface area contributed by atoms with Gasteiger partial charge < -0.3 is 20.1 Å². The van der Waals surface area contributed by atoms with Crippen LogP contribution in [0.3, 0.4) is 0 Å². The predicted octanol–water partition coefficient (Wildman–Crippen LogP) is 2.57. The fraction of sp³-hybridized carbons (Fsp3) is 0.409. The van der Waals surface area contributed by atoms with E-state index in [1.165, 1.54) is 12.1 Å². The lowest BCUT2D eigenvalue weighted by Crippen LogP contribution is -2.46. The molecule has 0 aliphatic carbocycles. The van der Waals surface area contributed by atoms with Gasteiger partial charge in [0.15, 0.2) is 5.96 Å². The van der Waals surface area contributed by atoms with E-state index in [0.717, 1.165) is 30.0 Å². The van der Waals surface area contributed by atoms with E-state index in [2.05, 4.69) is 20.5 Å². The minimum absolute atomic E-state index is 0.101. The molecule has 0 spiro atoms. The van der Waals surface area contributed by atoms with E-state index < -0.39 is 0 Å². The highest BCUT2D eigenvalue weighted by Crippen LogP contribution is 2.22. The largest absolute Gasteiger partial charge is 0.496 e. The Labute approximate surface area is 171 Å². The highest BCUT2D eigenvalue weighted by molar-refractivity contribution is 5.79. The van der Waals surface area contributed by atoms with Gasteiger partial charge in [-0.1, -0.05) is 30.3 Å². The van der Waals surface area contributed by atoms with Crippen molar-refractivity contribution in [1.82, 2.24) is 15.5 Å². The zero-order valence-corrected chi connectivity index (χ0v) is 17.0. The Morgan fingerprint density at radius 3 is 2.55 bits per heavy atom. The quantitative estimate of drug-likeness (QED) is 0.553. The van der Waals surface area contributed by atoms with Crippen molar-refractivity contribution >= 4 is 5.96 Å². The molecule has 2 aromatic rings. The van der Waals surface area contributed by atoms with Gasteiger partial charge in [0.1, 0.15) is 11.6 Å². The molecular weight excluding hydrogens is 371 g/mol. The average molecular weight is 400 g/mol. The lowest BCUT2D eigenvalue weighted by molar-refractivity contribution is 0.0170. The molecule has 1 saturated heterocycles. The van der Waals surface area contributed by atoms with E-state index in [1.54, 1.807) is 14.2 Å². The zero-order chi connectivity index (χ0) is 20.5. The van der Waals surface area contributed by atoms with E-state index in [9.17, 15) is 4.39 Å². The van der Waals surface area contributed by atoms with Gasteiger partial charge in [0, 0.05) is 38.8 Å². The van der Waals surface area contributed by atoms with Crippen LogP contribution in [-0.2, 0) is 11.3 Å². The molecule has 29 heavy (non-hydrogen) atoms. The molecule has 1 atom stereocenters. The van der Waals surface area contributed by atoms with Gasteiger partial charge in [-0.15, -0.1) is 0 Å². The van der Waals surface area contributed by atoms with Crippen molar-refractivity contribution in [3.05, 3.63) is 65.5 Å². The van der Waals surface area contributed by atoms with Crippen LogP contribution in [0.15, 0.2) is 53.5 Å². The summed E-state index contributed by atoms with van der Waals surface area (Å²) in [4.78, 5) is 6.69. The Balaban J connectivity index is 1.64. The molecule has 0 amide bonds. The molecular formula is C22H29FN4O2. The minimum atomic E-state index is -0.225. The number of methoxy groups -OCH3 is 1. The third-order valence-corrected chi connectivity index (χ3v) is 5.07. The second-order valence-electron chi connectivity index (χ2n) is 6.83. The monoisotopic (exact) mass is 400 g/mol. The van der Waals surface area contributed by atoms with Gasteiger partial charge in [-0.2, -0.15) is 0 Å². The van der Waals surface area contributed by atoms with Crippen molar-refractivity contribution in [1.29, 1.82) is 0 Å². The smallest absolute Gasteiger partial charge is 0.191 e. The van der Waals surface area contributed by atoms with Crippen LogP contribution in [0.1, 0.15) is 17.2 Å². The molecule has 0 bridgehead atoms. The number of hydrogen-bond acceptors (Lipinski definition) is 4. The molecule has 1 heterocycles. The predicted molar refractivity (Wildman–Crippen MR) is 113 cm³/mol. The van der Waals surface area contributed by atoms with E-state index >= 15 is 0 Å². The van der Waals surface area contributed by atoms with Crippen LogP contribution in [0, 0.1) is 5.82 Å². The molecule has 1 aliphatic rings. The summed E-state index contributed by atoms with van der Waals surface area (Å²) in [5.41, 5.74) is 2.13. The number of para-hydroxylation sites is 1. The molecule has 1 aliphatic heterocycles. The molecule has 2 aromatic carbocycles. The highest BCUT2D eigenvalue weighted by Gasteiger charge is 2.23. The van der Waals surface area contributed by atoms with Crippen LogP contribution >= 0.6 is 0 Å². The van der Waals surface area contributed by atoms with E-state index in [-0.39, 0.29) is 11.9 Å². The maximum atomic E-state index is 13.4. The van der Waals surface area contributed by atoms with Gasteiger partial charge in [-0.05, 0) is 23.8 Å². The van der Waals surface area contributed by atoms with Crippen molar-refractivity contribution in [2.24, 2.45) is 4.99 Å². The number of benzene rings is 2. The molecule has 3 rings (SSSR count). The standard InChI is InChI=1S/C22H29FN4O2/c1-24-22(25-15-18-5-3-4-6-21(18)28-2)26-16-20(27-11-13-29-14-12-27)17-7-9-19(23)10-8-17/h3-10,20H,11-16H2,1-2H3,(H2,24,25,26). The third kappa shape index (κ3) is 5.92. The second kappa shape index (κ2) is 10.8. The fourth-order valence-corrected chi connectivity index (χ4v) is 3.47. The summed E-state index contributed by atoms with van der Waals surface area (Å²) in [7, 11) is 3.42. The first-order valence-corrected chi connectivity index (χ1v) is 9.85. The van der Waals surface area contributed by atoms with Gasteiger partial charge in [-0.3, -0.25) is 9.89 Å². The number of morpholine rings is 1. The SMILES string of the molecule is CN=C(NCc1ccccc1OC)NCC(c1ccc(F)cc1)N1CCOCC1. The molecule has 0 aromatic heterocycles. The maximum Gasteiger partial charge on any atom is 0.191 e. The Hall–Kier alpha value is -2.64. The van der Waals surface area contributed by atoms with Crippen LogP contribution in [-0.4, -0.2) is 57.9 Å². The minimum Gasteiger partial charge on any atom is -0.496 e. The number of aliphatic imine (C=N–C) groups is 1. The number of halogens is 1. The third-order valence-electron chi connectivity index (χ3n) is 5.07. The number of guanidine groups is 1. The Bertz CT molecular complexity index is 792. The van der Waals surface area contributed by atoms with Crippen LogP contribution in [0.5, 0.6) is 5.75 Å². The Morgan fingerprint density at radius 2 is 1.86 bits per heavy atom. The normalized spacial score (nSPS) is 16.3. The first-order valence-electron chi connectivity index (χ1n) is 9.85. The lowest BCUT2D eigenvalue weighted by atomic mass is 10.0. The second-order valence-corrected chi connectivity index (χ2v) is 6.83.